The van der Waals surface area contributed by atoms with Crippen LogP contribution in [0.1, 0.15) is 21.5 Å². The third-order valence-corrected chi connectivity index (χ3v) is 4.99. The molecule has 0 N–H and O–H groups in total. The molecule has 0 saturated carbocycles. The molecule has 0 radical (unpaired) electrons. The highest BCUT2D eigenvalue weighted by Gasteiger charge is 2.29. The van der Waals surface area contributed by atoms with Gasteiger partial charge in [0, 0.05) is 10.4 Å². The second-order valence-corrected chi connectivity index (χ2v) is 5.99. The number of rotatable bonds is 2. The molecule has 0 aliphatic heterocycles. The predicted octanol–water partition coefficient (Wildman–Crippen LogP) is 4.82. The number of alkyl halides is 1. The lowest BCUT2D eigenvalue weighted by Gasteiger charge is -2.18. The van der Waals surface area contributed by atoms with Gasteiger partial charge in [-0.1, -0.05) is 40.2 Å². The molecule has 0 fully saturated rings. The van der Waals surface area contributed by atoms with Crippen molar-refractivity contribution in [1.82, 2.24) is 0 Å². The molecule has 0 saturated heterocycles. The van der Waals surface area contributed by atoms with Gasteiger partial charge >= 0.3 is 0 Å². The lowest BCUT2D eigenvalue weighted by atomic mass is 9.96. The minimum absolute atomic E-state index is 0.157. The van der Waals surface area contributed by atoms with Crippen LogP contribution in [0.2, 0.25) is 0 Å². The van der Waals surface area contributed by atoms with Crippen molar-refractivity contribution in [2.75, 3.05) is 0 Å². The molecule has 1 aliphatic rings. The summed E-state index contributed by atoms with van der Waals surface area (Å²) >= 11 is 3.55. The Bertz CT molecular complexity index is 584. The van der Waals surface area contributed by atoms with Gasteiger partial charge in [-0.2, -0.15) is 0 Å². The molecule has 2 aromatic rings. The van der Waals surface area contributed by atoms with Gasteiger partial charge in [0.25, 0.3) is 0 Å². The van der Waals surface area contributed by atoms with Crippen LogP contribution in [0.25, 0.3) is 0 Å². The normalized spacial score (nSPS) is 16.4. The molecule has 0 aromatic heterocycles. The molecule has 3 rings (SSSR count). The predicted molar refractivity (Wildman–Crippen MR) is 75.4 cm³/mol. The molecular formula is C16H13BrF2. The molecular weight excluding hydrogens is 310 g/mol. The maximum absolute atomic E-state index is 13.8. The van der Waals surface area contributed by atoms with E-state index in [0.717, 1.165) is 18.9 Å². The van der Waals surface area contributed by atoms with Gasteiger partial charge in [-0.05, 0) is 48.1 Å². The highest BCUT2D eigenvalue weighted by Crippen LogP contribution is 2.41. The Kier molecular flexibility index (Phi) is 3.40. The van der Waals surface area contributed by atoms with E-state index in [1.165, 1.54) is 23.3 Å². The molecule has 98 valence electrons. The van der Waals surface area contributed by atoms with Gasteiger partial charge in [0.2, 0.25) is 0 Å². The van der Waals surface area contributed by atoms with E-state index in [4.69, 9.17) is 0 Å². The van der Waals surface area contributed by atoms with Gasteiger partial charge in [-0.3, -0.25) is 0 Å². The van der Waals surface area contributed by atoms with E-state index in [-0.39, 0.29) is 16.6 Å². The molecule has 1 unspecified atom stereocenters. The lowest BCUT2D eigenvalue weighted by Crippen LogP contribution is -2.09. The van der Waals surface area contributed by atoms with Crippen LogP contribution < -0.4 is 0 Å². The first-order valence-electron chi connectivity index (χ1n) is 6.31. The highest BCUT2D eigenvalue weighted by molar-refractivity contribution is 9.09. The number of hydrogen-bond donors (Lipinski definition) is 0. The third-order valence-electron chi connectivity index (χ3n) is 3.75. The summed E-state index contributed by atoms with van der Waals surface area (Å²) in [7, 11) is 0. The zero-order chi connectivity index (χ0) is 13.4. The van der Waals surface area contributed by atoms with Crippen LogP contribution in [0.3, 0.4) is 0 Å². The minimum Gasteiger partial charge on any atom is -0.207 e. The Morgan fingerprint density at radius 1 is 1.00 bits per heavy atom. The Morgan fingerprint density at radius 2 is 1.63 bits per heavy atom. The van der Waals surface area contributed by atoms with Gasteiger partial charge in [-0.25, -0.2) is 8.78 Å². The fourth-order valence-corrected chi connectivity index (χ4v) is 3.50. The van der Waals surface area contributed by atoms with E-state index in [0.29, 0.717) is 5.56 Å². The van der Waals surface area contributed by atoms with Crippen molar-refractivity contribution in [2.24, 2.45) is 5.92 Å². The average molecular weight is 323 g/mol. The maximum Gasteiger partial charge on any atom is 0.127 e. The highest BCUT2D eigenvalue weighted by atomic mass is 79.9. The summed E-state index contributed by atoms with van der Waals surface area (Å²) < 4.78 is 27.1. The first-order chi connectivity index (χ1) is 9.15. The minimum atomic E-state index is -0.392. The van der Waals surface area contributed by atoms with Crippen LogP contribution in [0.4, 0.5) is 8.78 Å². The Hall–Kier alpha value is -1.22. The van der Waals surface area contributed by atoms with Crippen LogP contribution in [0, 0.1) is 17.6 Å². The molecule has 19 heavy (non-hydrogen) atoms. The van der Waals surface area contributed by atoms with Crippen molar-refractivity contribution in [1.29, 1.82) is 0 Å². The van der Waals surface area contributed by atoms with Gasteiger partial charge in [0.15, 0.2) is 0 Å². The van der Waals surface area contributed by atoms with Crippen LogP contribution >= 0.6 is 15.9 Å². The van der Waals surface area contributed by atoms with E-state index < -0.39 is 5.82 Å². The summed E-state index contributed by atoms with van der Waals surface area (Å²) in [5, 5.41) is 0. The first-order valence-corrected chi connectivity index (χ1v) is 7.22. The maximum atomic E-state index is 13.8. The van der Waals surface area contributed by atoms with Gasteiger partial charge in [-0.15, -0.1) is 0 Å². The quantitative estimate of drug-likeness (QED) is 0.696. The van der Waals surface area contributed by atoms with Crippen LogP contribution in [0.5, 0.6) is 0 Å². The fourth-order valence-electron chi connectivity index (χ4n) is 2.78. The second-order valence-electron chi connectivity index (χ2n) is 5.00. The van der Waals surface area contributed by atoms with Crippen molar-refractivity contribution in [2.45, 2.75) is 17.7 Å². The van der Waals surface area contributed by atoms with E-state index in [9.17, 15) is 8.78 Å². The smallest absolute Gasteiger partial charge is 0.127 e. The summed E-state index contributed by atoms with van der Waals surface area (Å²) in [6.07, 6.45) is 1.81. The molecule has 0 heterocycles. The fraction of sp³-hybridized carbons (Fsp3) is 0.250. The lowest BCUT2D eigenvalue weighted by molar-refractivity contribution is 0.519. The van der Waals surface area contributed by atoms with Crippen molar-refractivity contribution < 1.29 is 8.78 Å². The molecule has 1 aliphatic carbocycles. The van der Waals surface area contributed by atoms with Crippen molar-refractivity contribution >= 4 is 15.9 Å². The summed E-state index contributed by atoms with van der Waals surface area (Å²) in [6.45, 7) is 0. The van der Waals surface area contributed by atoms with Crippen molar-refractivity contribution in [3.05, 3.63) is 70.8 Å². The SMILES string of the molecule is Fc1ccc(F)c(C(Br)C2Cc3ccccc3C2)c1. The second kappa shape index (κ2) is 5.04. The third kappa shape index (κ3) is 2.44. The number of benzene rings is 2. The molecule has 1 atom stereocenters. The van der Waals surface area contributed by atoms with E-state index in [1.54, 1.807) is 0 Å². The van der Waals surface area contributed by atoms with E-state index >= 15 is 0 Å². The number of halogens is 3. The van der Waals surface area contributed by atoms with Crippen molar-refractivity contribution in [3.63, 3.8) is 0 Å². The van der Waals surface area contributed by atoms with E-state index in [2.05, 4.69) is 28.1 Å². The zero-order valence-electron chi connectivity index (χ0n) is 10.2. The van der Waals surface area contributed by atoms with E-state index in [1.807, 2.05) is 12.1 Å². The molecule has 3 heteroatoms. The number of hydrogen-bond acceptors (Lipinski definition) is 0. The van der Waals surface area contributed by atoms with Crippen LogP contribution in [-0.4, -0.2) is 0 Å². The molecule has 0 amide bonds. The molecule has 0 nitrogen and oxygen atoms in total. The van der Waals surface area contributed by atoms with Crippen LogP contribution in [0.15, 0.2) is 42.5 Å². The van der Waals surface area contributed by atoms with Gasteiger partial charge < -0.3 is 0 Å². The molecule has 2 aromatic carbocycles. The number of fused-ring (bicyclic) bond motifs is 1. The van der Waals surface area contributed by atoms with Gasteiger partial charge in [0.05, 0.1) is 0 Å². The summed E-state index contributed by atoms with van der Waals surface area (Å²) in [5.74, 6) is -0.468. The van der Waals surface area contributed by atoms with Crippen molar-refractivity contribution in [3.8, 4) is 0 Å². The largest absolute Gasteiger partial charge is 0.207 e. The standard InChI is InChI=1S/C16H13BrF2/c17-16(14-9-13(18)5-6-15(14)19)12-7-10-3-1-2-4-11(10)8-12/h1-6,9,12,16H,7-8H2. The summed E-state index contributed by atoms with van der Waals surface area (Å²) in [5.41, 5.74) is 3.04. The molecule has 0 bridgehead atoms. The first kappa shape index (κ1) is 12.8. The molecule has 0 spiro atoms. The summed E-state index contributed by atoms with van der Waals surface area (Å²) in [4.78, 5) is -0.157. The van der Waals surface area contributed by atoms with Gasteiger partial charge in [0.1, 0.15) is 11.6 Å². The Morgan fingerprint density at radius 3 is 2.26 bits per heavy atom. The average Bonchev–Trinajstić information content (AvgIpc) is 2.84. The topological polar surface area (TPSA) is 0 Å². The monoisotopic (exact) mass is 322 g/mol. The summed E-state index contributed by atoms with van der Waals surface area (Å²) in [6, 6.07) is 11.9. The Balaban J connectivity index is 1.87. The zero-order valence-corrected chi connectivity index (χ0v) is 11.8. The van der Waals surface area contributed by atoms with Crippen LogP contribution in [-0.2, 0) is 12.8 Å². The Labute approximate surface area is 119 Å².